The lowest BCUT2D eigenvalue weighted by Crippen LogP contribution is -1.82. The summed E-state index contributed by atoms with van der Waals surface area (Å²) in [4.78, 5) is 0. The topological polar surface area (TPSA) is 0 Å². The van der Waals surface area contributed by atoms with Gasteiger partial charge in [-0.2, -0.15) is 0 Å². The van der Waals surface area contributed by atoms with E-state index in [1.807, 2.05) is 12.1 Å². The van der Waals surface area contributed by atoms with E-state index < -0.39 is 0 Å². The van der Waals surface area contributed by atoms with Crippen LogP contribution in [0.5, 0.6) is 0 Å². The van der Waals surface area contributed by atoms with E-state index in [1.54, 1.807) is 0 Å². The number of hydrogen-bond donors (Lipinski definition) is 0. The van der Waals surface area contributed by atoms with Crippen LogP contribution in [-0.2, 0) is 0 Å². The van der Waals surface area contributed by atoms with Crippen molar-refractivity contribution in [3.05, 3.63) is 60.7 Å². The first-order chi connectivity index (χ1) is 7.93. The summed E-state index contributed by atoms with van der Waals surface area (Å²) in [5.74, 6) is 0. The molecule has 0 heteroatoms. The largest absolute Gasteiger partial charge is 0.0537 e. The zero-order valence-corrected chi connectivity index (χ0v) is 8.62. The van der Waals surface area contributed by atoms with Crippen LogP contribution in [0.4, 0.5) is 0 Å². The smallest absolute Gasteiger partial charge is 0.00203 e. The van der Waals surface area contributed by atoms with Gasteiger partial charge in [0.1, 0.15) is 0 Å². The van der Waals surface area contributed by atoms with Gasteiger partial charge < -0.3 is 0 Å². The second-order valence-electron chi connectivity index (χ2n) is 4.11. The first-order valence-electron chi connectivity index (χ1n) is 5.39. The Balaban J connectivity index is 2.51. The van der Waals surface area contributed by atoms with Crippen molar-refractivity contribution in [3.8, 4) is 0 Å². The molecule has 4 aromatic rings. The van der Waals surface area contributed by atoms with Gasteiger partial charge in [0.2, 0.25) is 0 Å². The fourth-order valence-corrected chi connectivity index (χ4v) is 2.51. The Morgan fingerprint density at radius 1 is 0.562 bits per heavy atom. The van der Waals surface area contributed by atoms with Gasteiger partial charge in [-0.3, -0.25) is 0 Å². The normalized spacial score (nSPS) is 11.8. The molecule has 0 aromatic heterocycles. The molecular formula is C16H8. The van der Waals surface area contributed by atoms with Crippen molar-refractivity contribution in [1.29, 1.82) is 0 Å². The fourth-order valence-electron chi connectivity index (χ4n) is 2.51. The van der Waals surface area contributed by atoms with Gasteiger partial charge in [0.15, 0.2) is 0 Å². The summed E-state index contributed by atoms with van der Waals surface area (Å²) in [5.41, 5.74) is 0. The molecule has 72 valence electrons. The molecule has 0 saturated heterocycles. The van der Waals surface area contributed by atoms with Gasteiger partial charge in [0.25, 0.3) is 0 Å². The van der Waals surface area contributed by atoms with Crippen molar-refractivity contribution in [3.63, 3.8) is 0 Å². The minimum Gasteiger partial charge on any atom is -0.0537 e. The monoisotopic (exact) mass is 200 g/mol. The fraction of sp³-hybridized carbons (Fsp3) is 0. The second-order valence-corrected chi connectivity index (χ2v) is 4.11. The minimum absolute atomic E-state index is 1.19. The molecule has 4 rings (SSSR count). The van der Waals surface area contributed by atoms with Crippen molar-refractivity contribution in [2.75, 3.05) is 0 Å². The van der Waals surface area contributed by atoms with Gasteiger partial charge >= 0.3 is 0 Å². The average Bonchev–Trinajstić information content (AvgIpc) is 2.36. The van der Waals surface area contributed by atoms with Crippen molar-refractivity contribution in [1.82, 2.24) is 0 Å². The average molecular weight is 200 g/mol. The maximum Gasteiger partial charge on any atom is -0.00203 e. The van der Waals surface area contributed by atoms with E-state index in [9.17, 15) is 0 Å². The molecule has 0 atom stereocenters. The van der Waals surface area contributed by atoms with Crippen molar-refractivity contribution < 1.29 is 0 Å². The van der Waals surface area contributed by atoms with Crippen LogP contribution >= 0.6 is 0 Å². The highest BCUT2D eigenvalue weighted by Gasteiger charge is 2.06. The Kier molecular flexibility index (Phi) is 1.39. The third-order valence-corrected chi connectivity index (χ3v) is 3.23. The summed E-state index contributed by atoms with van der Waals surface area (Å²) >= 11 is 0. The molecule has 0 saturated carbocycles. The highest BCUT2D eigenvalue weighted by Crippen LogP contribution is 2.33. The molecule has 0 N–H and O–H groups in total. The molecule has 0 aliphatic rings. The minimum atomic E-state index is 1.19. The Bertz CT molecular complexity index is 667. The van der Waals surface area contributed by atoms with E-state index in [0.29, 0.717) is 0 Å². The summed E-state index contributed by atoms with van der Waals surface area (Å²) in [6.45, 7) is 0. The Hall–Kier alpha value is -2.08. The Labute approximate surface area is 93.5 Å². The summed E-state index contributed by atoms with van der Waals surface area (Å²) in [7, 11) is 0. The van der Waals surface area contributed by atoms with Gasteiger partial charge in [0, 0.05) is 0 Å². The third-order valence-electron chi connectivity index (χ3n) is 3.23. The van der Waals surface area contributed by atoms with Gasteiger partial charge in [-0.1, -0.05) is 48.5 Å². The quantitative estimate of drug-likeness (QED) is 0.373. The van der Waals surface area contributed by atoms with Gasteiger partial charge in [0.05, 0.1) is 0 Å². The summed E-state index contributed by atoms with van der Waals surface area (Å²) in [6, 6.07) is 23.4. The zero-order valence-electron chi connectivity index (χ0n) is 8.62. The van der Waals surface area contributed by atoms with E-state index in [1.165, 1.54) is 32.3 Å². The molecule has 0 unspecified atom stereocenters. The highest BCUT2D eigenvalue weighted by atomic mass is 14.1. The molecule has 4 aromatic carbocycles. The molecular weight excluding hydrogens is 192 g/mol. The van der Waals surface area contributed by atoms with Crippen molar-refractivity contribution >= 4 is 32.3 Å². The van der Waals surface area contributed by atoms with Crippen LogP contribution in [0.25, 0.3) is 32.3 Å². The predicted octanol–water partition coefficient (Wildman–Crippen LogP) is 4.18. The number of rotatable bonds is 0. The molecule has 0 aliphatic heterocycles. The molecule has 0 nitrogen and oxygen atoms in total. The van der Waals surface area contributed by atoms with E-state index in [-0.39, 0.29) is 0 Å². The first-order valence-corrected chi connectivity index (χ1v) is 5.39. The molecule has 0 spiro atoms. The number of hydrogen-bond acceptors (Lipinski definition) is 0. The van der Waals surface area contributed by atoms with Crippen molar-refractivity contribution in [2.24, 2.45) is 0 Å². The molecule has 2 radical (unpaired) electrons. The predicted molar refractivity (Wildman–Crippen MR) is 67.8 cm³/mol. The maximum absolute atomic E-state index is 3.30. The van der Waals surface area contributed by atoms with Crippen LogP contribution in [0.1, 0.15) is 0 Å². The standard InChI is InChI=1S/C16H8/c1-3-11-7-9-13-5-2-6-14-10-8-12(4-1)15(11)16(13)14/h1-3,6-10H. The highest BCUT2D eigenvalue weighted by molar-refractivity contribution is 6.22. The lowest BCUT2D eigenvalue weighted by atomic mass is 9.95. The van der Waals surface area contributed by atoms with Crippen LogP contribution in [0.3, 0.4) is 0 Å². The van der Waals surface area contributed by atoms with Gasteiger partial charge in [-0.15, -0.1) is 0 Å². The van der Waals surface area contributed by atoms with E-state index >= 15 is 0 Å². The lowest BCUT2D eigenvalue weighted by Gasteiger charge is -2.09. The molecule has 0 heterocycles. The van der Waals surface area contributed by atoms with Crippen LogP contribution in [0.2, 0.25) is 0 Å². The van der Waals surface area contributed by atoms with Crippen LogP contribution in [0.15, 0.2) is 48.5 Å². The molecule has 0 aliphatic carbocycles. The summed E-state index contributed by atoms with van der Waals surface area (Å²) in [5, 5.41) is 7.58. The van der Waals surface area contributed by atoms with E-state index in [0.717, 1.165) is 0 Å². The van der Waals surface area contributed by atoms with Gasteiger partial charge in [-0.25, -0.2) is 0 Å². The molecule has 16 heavy (non-hydrogen) atoms. The Morgan fingerprint density at radius 3 is 1.56 bits per heavy atom. The zero-order chi connectivity index (χ0) is 10.5. The first kappa shape index (κ1) is 8.12. The number of benzene rings is 4. The van der Waals surface area contributed by atoms with E-state index in [4.69, 9.17) is 0 Å². The molecule has 0 fully saturated rings. The summed E-state index contributed by atoms with van der Waals surface area (Å²) < 4.78 is 0. The van der Waals surface area contributed by atoms with Crippen LogP contribution in [0, 0.1) is 12.1 Å². The maximum atomic E-state index is 3.30. The lowest BCUT2D eigenvalue weighted by molar-refractivity contribution is 1.76. The molecule has 0 amide bonds. The van der Waals surface area contributed by atoms with Crippen molar-refractivity contribution in [2.45, 2.75) is 0 Å². The van der Waals surface area contributed by atoms with Crippen LogP contribution in [-0.4, -0.2) is 0 Å². The summed E-state index contributed by atoms with van der Waals surface area (Å²) in [6.07, 6.45) is 0. The van der Waals surface area contributed by atoms with Crippen LogP contribution < -0.4 is 0 Å². The third kappa shape index (κ3) is 0.892. The van der Waals surface area contributed by atoms with Gasteiger partial charge in [-0.05, 0) is 44.5 Å². The molecule has 0 bridgehead atoms. The van der Waals surface area contributed by atoms with E-state index in [2.05, 4.69) is 48.5 Å². The Morgan fingerprint density at radius 2 is 1.06 bits per heavy atom. The second kappa shape index (κ2) is 2.73. The SMILES string of the molecule is [c]1ccc2ccc3[c]ccc4ccc1c2c34.